The van der Waals surface area contributed by atoms with Crippen LogP contribution in [0.1, 0.15) is 25.7 Å². The van der Waals surface area contributed by atoms with E-state index >= 15 is 0 Å². The Kier molecular flexibility index (Phi) is 6.85. The van der Waals surface area contributed by atoms with Crippen molar-refractivity contribution in [2.45, 2.75) is 25.7 Å². The van der Waals surface area contributed by atoms with Crippen molar-refractivity contribution in [1.82, 2.24) is 10.2 Å². The number of carbonyl (C=O) groups is 1. The first-order valence-electron chi connectivity index (χ1n) is 6.42. The maximum atomic E-state index is 12.1. The third-order valence-corrected chi connectivity index (χ3v) is 3.41. The van der Waals surface area contributed by atoms with Gasteiger partial charge in [0.05, 0.1) is 0 Å². The van der Waals surface area contributed by atoms with Crippen LogP contribution in [0.3, 0.4) is 0 Å². The summed E-state index contributed by atoms with van der Waals surface area (Å²) in [7, 11) is 0. The van der Waals surface area contributed by atoms with Crippen LogP contribution in [0.15, 0.2) is 0 Å². The maximum absolute atomic E-state index is 12.1. The molecule has 0 aliphatic carbocycles. The molecule has 2 saturated heterocycles. The van der Waals surface area contributed by atoms with E-state index in [0.29, 0.717) is 18.2 Å². The van der Waals surface area contributed by atoms with Gasteiger partial charge < -0.3 is 15.0 Å². The van der Waals surface area contributed by atoms with Crippen LogP contribution in [0, 0.1) is 5.92 Å². The van der Waals surface area contributed by atoms with Gasteiger partial charge in [-0.05, 0) is 31.7 Å². The molecule has 5 heteroatoms. The molecule has 4 nitrogen and oxygen atoms in total. The molecule has 2 heterocycles. The molecule has 2 rings (SSSR count). The van der Waals surface area contributed by atoms with Crippen LogP contribution >= 0.6 is 12.4 Å². The zero-order chi connectivity index (χ0) is 11.2. The van der Waals surface area contributed by atoms with E-state index in [1.807, 2.05) is 4.90 Å². The zero-order valence-corrected chi connectivity index (χ0v) is 11.1. The Morgan fingerprint density at radius 2 is 2.18 bits per heavy atom. The second kappa shape index (κ2) is 7.90. The van der Waals surface area contributed by atoms with E-state index in [1.54, 1.807) is 0 Å². The van der Waals surface area contributed by atoms with Gasteiger partial charge in [-0.25, -0.2) is 0 Å². The third-order valence-electron chi connectivity index (χ3n) is 3.41. The van der Waals surface area contributed by atoms with E-state index in [-0.39, 0.29) is 12.4 Å². The van der Waals surface area contributed by atoms with E-state index in [1.165, 1.54) is 0 Å². The Labute approximate surface area is 109 Å². The lowest BCUT2D eigenvalue weighted by Crippen LogP contribution is -2.36. The van der Waals surface area contributed by atoms with Crippen molar-refractivity contribution in [3.63, 3.8) is 0 Å². The Bertz CT molecular complexity index is 225. The Hall–Kier alpha value is -0.320. The molecule has 2 fully saturated rings. The molecule has 2 aliphatic rings. The van der Waals surface area contributed by atoms with Crippen LogP contribution < -0.4 is 5.32 Å². The number of nitrogens with one attached hydrogen (secondary N) is 1. The lowest BCUT2D eigenvalue weighted by atomic mass is 9.98. The van der Waals surface area contributed by atoms with Crippen molar-refractivity contribution in [1.29, 1.82) is 0 Å². The Morgan fingerprint density at radius 3 is 2.94 bits per heavy atom. The summed E-state index contributed by atoms with van der Waals surface area (Å²) in [5.74, 6) is 0.775. The fourth-order valence-corrected chi connectivity index (χ4v) is 2.44. The Balaban J connectivity index is 0.00000144. The van der Waals surface area contributed by atoms with Crippen LogP contribution in [0.5, 0.6) is 0 Å². The molecule has 0 aromatic carbocycles. The fourth-order valence-electron chi connectivity index (χ4n) is 2.44. The number of ether oxygens (including phenoxy) is 1. The minimum Gasteiger partial charge on any atom is -0.381 e. The van der Waals surface area contributed by atoms with E-state index in [9.17, 15) is 4.79 Å². The highest BCUT2D eigenvalue weighted by Gasteiger charge is 2.21. The van der Waals surface area contributed by atoms with Gasteiger partial charge in [-0.2, -0.15) is 0 Å². The molecule has 0 aromatic rings. The van der Waals surface area contributed by atoms with Crippen molar-refractivity contribution in [3.8, 4) is 0 Å². The lowest BCUT2D eigenvalue weighted by Gasteiger charge is -2.25. The van der Waals surface area contributed by atoms with Crippen molar-refractivity contribution in [2.24, 2.45) is 5.92 Å². The smallest absolute Gasteiger partial charge is 0.222 e. The summed E-state index contributed by atoms with van der Waals surface area (Å²) in [6, 6.07) is 0. The predicted octanol–water partition coefficient (Wildman–Crippen LogP) is 1.05. The van der Waals surface area contributed by atoms with Gasteiger partial charge in [-0.3, -0.25) is 4.79 Å². The van der Waals surface area contributed by atoms with Crippen molar-refractivity contribution >= 4 is 18.3 Å². The molecule has 1 N–H and O–H groups in total. The third kappa shape index (κ3) is 4.82. The van der Waals surface area contributed by atoms with E-state index in [2.05, 4.69) is 5.32 Å². The molecule has 2 aliphatic heterocycles. The molecule has 0 spiro atoms. The summed E-state index contributed by atoms with van der Waals surface area (Å²) in [4.78, 5) is 14.1. The second-order valence-electron chi connectivity index (χ2n) is 4.77. The standard InChI is InChI=1S/C12H22N2O2.ClH/c15-12(9-11-3-1-8-16-10-11)14-6-2-4-13-5-7-14;/h11,13H,1-10H2;1H. The minimum absolute atomic E-state index is 0. The van der Waals surface area contributed by atoms with Crippen LogP contribution in [-0.4, -0.2) is 50.2 Å². The van der Waals surface area contributed by atoms with Crippen molar-refractivity contribution in [2.75, 3.05) is 39.4 Å². The maximum Gasteiger partial charge on any atom is 0.222 e. The number of halogens is 1. The highest BCUT2D eigenvalue weighted by molar-refractivity contribution is 5.85. The quantitative estimate of drug-likeness (QED) is 0.809. The van der Waals surface area contributed by atoms with E-state index in [0.717, 1.165) is 58.7 Å². The lowest BCUT2D eigenvalue weighted by molar-refractivity contribution is -0.133. The summed E-state index contributed by atoms with van der Waals surface area (Å²) in [5, 5.41) is 3.32. The molecule has 0 bridgehead atoms. The van der Waals surface area contributed by atoms with Crippen LogP contribution in [0.2, 0.25) is 0 Å². The van der Waals surface area contributed by atoms with E-state index < -0.39 is 0 Å². The predicted molar refractivity (Wildman–Crippen MR) is 69.5 cm³/mol. The van der Waals surface area contributed by atoms with Gasteiger partial charge in [0.15, 0.2) is 0 Å². The molecule has 0 aromatic heterocycles. The van der Waals surface area contributed by atoms with Crippen LogP contribution in [0.25, 0.3) is 0 Å². The Morgan fingerprint density at radius 1 is 1.29 bits per heavy atom. The highest BCUT2D eigenvalue weighted by atomic mass is 35.5. The number of amides is 1. The number of hydrogen-bond acceptors (Lipinski definition) is 3. The first kappa shape index (κ1) is 14.7. The molecule has 0 radical (unpaired) electrons. The minimum atomic E-state index is 0. The highest BCUT2D eigenvalue weighted by Crippen LogP contribution is 2.18. The molecule has 1 unspecified atom stereocenters. The monoisotopic (exact) mass is 262 g/mol. The van der Waals surface area contributed by atoms with Gasteiger partial charge >= 0.3 is 0 Å². The van der Waals surface area contributed by atoms with Gasteiger partial charge in [0.1, 0.15) is 0 Å². The average Bonchev–Trinajstić information content (AvgIpc) is 2.59. The van der Waals surface area contributed by atoms with Gasteiger partial charge in [-0.15, -0.1) is 12.4 Å². The average molecular weight is 263 g/mol. The molecule has 1 atom stereocenters. The van der Waals surface area contributed by atoms with Crippen LogP contribution in [0.4, 0.5) is 0 Å². The molecule has 0 saturated carbocycles. The molecule has 100 valence electrons. The summed E-state index contributed by atoms with van der Waals surface area (Å²) >= 11 is 0. The number of hydrogen-bond donors (Lipinski definition) is 1. The normalized spacial score (nSPS) is 25.9. The zero-order valence-electron chi connectivity index (χ0n) is 10.3. The topological polar surface area (TPSA) is 41.6 Å². The van der Waals surface area contributed by atoms with E-state index in [4.69, 9.17) is 4.74 Å². The molecular formula is C12H23ClN2O2. The van der Waals surface area contributed by atoms with Crippen molar-refractivity contribution < 1.29 is 9.53 Å². The van der Waals surface area contributed by atoms with Gasteiger partial charge in [0.2, 0.25) is 5.91 Å². The molecule has 17 heavy (non-hydrogen) atoms. The second-order valence-corrected chi connectivity index (χ2v) is 4.77. The first-order valence-corrected chi connectivity index (χ1v) is 6.42. The number of rotatable bonds is 2. The largest absolute Gasteiger partial charge is 0.381 e. The summed E-state index contributed by atoms with van der Waals surface area (Å²) in [5.41, 5.74) is 0. The van der Waals surface area contributed by atoms with Gasteiger partial charge in [0.25, 0.3) is 0 Å². The number of carbonyl (C=O) groups excluding carboxylic acids is 1. The summed E-state index contributed by atoms with van der Waals surface area (Å²) < 4.78 is 5.41. The number of nitrogens with zero attached hydrogens (tertiary/aromatic N) is 1. The molecule has 1 amide bonds. The van der Waals surface area contributed by atoms with Crippen LogP contribution in [-0.2, 0) is 9.53 Å². The van der Waals surface area contributed by atoms with Gasteiger partial charge in [-0.1, -0.05) is 0 Å². The first-order chi connectivity index (χ1) is 7.86. The molecular weight excluding hydrogens is 240 g/mol. The summed E-state index contributed by atoms with van der Waals surface area (Å²) in [6.07, 6.45) is 4.02. The van der Waals surface area contributed by atoms with Crippen molar-refractivity contribution in [3.05, 3.63) is 0 Å². The van der Waals surface area contributed by atoms with Gasteiger partial charge in [0, 0.05) is 39.3 Å². The summed E-state index contributed by atoms with van der Waals surface area (Å²) in [6.45, 7) is 5.41. The SMILES string of the molecule is Cl.O=C(CC1CCCOC1)N1CCCNCC1. The fraction of sp³-hybridized carbons (Fsp3) is 0.917.